The van der Waals surface area contributed by atoms with Gasteiger partial charge >= 0.3 is 0 Å². The van der Waals surface area contributed by atoms with E-state index in [4.69, 9.17) is 0 Å². The maximum Gasteiger partial charge on any atom is 0.0894 e. The number of anilines is 1. The van der Waals surface area contributed by atoms with Gasteiger partial charge in [-0.25, -0.2) is 4.68 Å². The van der Waals surface area contributed by atoms with E-state index in [1.54, 1.807) is 10.9 Å². The summed E-state index contributed by atoms with van der Waals surface area (Å²) in [6.45, 7) is 3.25. The van der Waals surface area contributed by atoms with E-state index in [1.807, 2.05) is 24.4 Å². The molecule has 4 heteroatoms. The first kappa shape index (κ1) is 13.6. The molecule has 1 aromatic heterocycles. The fourth-order valence-electron chi connectivity index (χ4n) is 2.11. The highest BCUT2D eigenvalue weighted by atomic mass is 15.4. The van der Waals surface area contributed by atoms with E-state index in [1.165, 1.54) is 32.1 Å². The zero-order valence-electron chi connectivity index (χ0n) is 11.5. The minimum atomic E-state index is 1.01. The molecule has 0 atom stereocenters. The Balaban J connectivity index is 1.87. The molecule has 0 aliphatic rings. The summed E-state index contributed by atoms with van der Waals surface area (Å²) in [5.74, 6) is 0. The Morgan fingerprint density at radius 2 is 1.95 bits per heavy atom. The van der Waals surface area contributed by atoms with Gasteiger partial charge in [-0.1, -0.05) is 50.0 Å². The van der Waals surface area contributed by atoms with Crippen molar-refractivity contribution in [1.29, 1.82) is 0 Å². The van der Waals surface area contributed by atoms with Gasteiger partial charge in [0, 0.05) is 6.54 Å². The number of rotatable bonds is 8. The summed E-state index contributed by atoms with van der Waals surface area (Å²) in [7, 11) is 0. The smallest absolute Gasteiger partial charge is 0.0894 e. The summed E-state index contributed by atoms with van der Waals surface area (Å²) in [4.78, 5) is 0. The standard InChI is InChI=1S/C15H22N4/c1-2-3-4-5-8-11-16-14-9-6-7-10-15(14)19-13-12-17-18-19/h6-7,9-10,12-13,16H,2-5,8,11H2,1H3. The minimum Gasteiger partial charge on any atom is -0.383 e. The molecule has 0 bridgehead atoms. The number of unbranched alkanes of at least 4 members (excludes halogenated alkanes) is 4. The lowest BCUT2D eigenvalue weighted by atomic mass is 10.1. The second kappa shape index (κ2) is 7.56. The zero-order valence-corrected chi connectivity index (χ0v) is 11.5. The molecule has 0 spiro atoms. The maximum absolute atomic E-state index is 4.04. The molecule has 19 heavy (non-hydrogen) atoms. The first-order valence-corrected chi connectivity index (χ1v) is 7.11. The van der Waals surface area contributed by atoms with Gasteiger partial charge in [0.1, 0.15) is 0 Å². The lowest BCUT2D eigenvalue weighted by Crippen LogP contribution is -2.06. The lowest BCUT2D eigenvalue weighted by Gasteiger charge is -2.11. The van der Waals surface area contributed by atoms with Crippen molar-refractivity contribution < 1.29 is 0 Å². The summed E-state index contributed by atoms with van der Waals surface area (Å²) in [5.41, 5.74) is 2.16. The van der Waals surface area contributed by atoms with Gasteiger partial charge in [-0.15, -0.1) is 5.10 Å². The SMILES string of the molecule is CCCCCCCNc1ccccc1-n1ccnn1. The molecule has 1 N–H and O–H groups in total. The molecule has 2 aromatic rings. The number of aromatic nitrogens is 3. The van der Waals surface area contributed by atoms with Crippen LogP contribution in [0.5, 0.6) is 0 Å². The number of para-hydroxylation sites is 2. The second-order valence-electron chi connectivity index (χ2n) is 4.71. The van der Waals surface area contributed by atoms with Crippen molar-refractivity contribution in [2.45, 2.75) is 39.0 Å². The van der Waals surface area contributed by atoms with Crippen LogP contribution in [0.2, 0.25) is 0 Å². The van der Waals surface area contributed by atoms with E-state index in [9.17, 15) is 0 Å². The molecule has 1 heterocycles. The van der Waals surface area contributed by atoms with Crippen LogP contribution in [0.3, 0.4) is 0 Å². The largest absolute Gasteiger partial charge is 0.383 e. The van der Waals surface area contributed by atoms with Gasteiger partial charge in [-0.2, -0.15) is 0 Å². The Labute approximate surface area is 114 Å². The van der Waals surface area contributed by atoms with Crippen molar-refractivity contribution in [3.05, 3.63) is 36.7 Å². The molecule has 4 nitrogen and oxygen atoms in total. The number of benzene rings is 1. The number of nitrogens with one attached hydrogen (secondary N) is 1. The fourth-order valence-corrected chi connectivity index (χ4v) is 2.11. The summed E-state index contributed by atoms with van der Waals surface area (Å²) in [5, 5.41) is 11.4. The monoisotopic (exact) mass is 258 g/mol. The predicted molar refractivity (Wildman–Crippen MR) is 78.6 cm³/mol. The molecule has 0 aliphatic heterocycles. The van der Waals surface area contributed by atoms with Gasteiger partial charge in [0.15, 0.2) is 0 Å². The fraction of sp³-hybridized carbons (Fsp3) is 0.467. The average Bonchev–Trinajstić information content (AvgIpc) is 2.97. The van der Waals surface area contributed by atoms with Crippen LogP contribution < -0.4 is 5.32 Å². The van der Waals surface area contributed by atoms with Crippen LogP contribution in [-0.2, 0) is 0 Å². The molecule has 0 saturated carbocycles. The van der Waals surface area contributed by atoms with E-state index < -0.39 is 0 Å². The quantitative estimate of drug-likeness (QED) is 0.735. The Kier molecular flexibility index (Phi) is 5.41. The normalized spacial score (nSPS) is 10.6. The summed E-state index contributed by atoms with van der Waals surface area (Å²) < 4.78 is 1.79. The highest BCUT2D eigenvalue weighted by Crippen LogP contribution is 2.18. The molecule has 0 aliphatic carbocycles. The van der Waals surface area contributed by atoms with Crippen LogP contribution in [-0.4, -0.2) is 21.5 Å². The molecule has 0 unspecified atom stereocenters. The van der Waals surface area contributed by atoms with E-state index in [-0.39, 0.29) is 0 Å². The average molecular weight is 258 g/mol. The number of nitrogens with zero attached hydrogens (tertiary/aromatic N) is 3. The molecular formula is C15H22N4. The Morgan fingerprint density at radius 1 is 1.11 bits per heavy atom. The van der Waals surface area contributed by atoms with E-state index in [0.29, 0.717) is 0 Å². The van der Waals surface area contributed by atoms with Crippen LogP contribution in [0.4, 0.5) is 5.69 Å². The number of hydrogen-bond donors (Lipinski definition) is 1. The Hall–Kier alpha value is -1.84. The molecule has 0 fully saturated rings. The van der Waals surface area contributed by atoms with E-state index >= 15 is 0 Å². The van der Waals surface area contributed by atoms with Gasteiger partial charge < -0.3 is 5.32 Å². The molecule has 1 aromatic carbocycles. The van der Waals surface area contributed by atoms with Crippen LogP contribution in [0.15, 0.2) is 36.7 Å². The van der Waals surface area contributed by atoms with Gasteiger partial charge in [-0.05, 0) is 18.6 Å². The van der Waals surface area contributed by atoms with Crippen molar-refractivity contribution in [3.8, 4) is 5.69 Å². The molecule has 2 rings (SSSR count). The van der Waals surface area contributed by atoms with Gasteiger partial charge in [0.25, 0.3) is 0 Å². The molecule has 102 valence electrons. The molecule has 0 saturated heterocycles. The first-order chi connectivity index (χ1) is 9.42. The van der Waals surface area contributed by atoms with Crippen molar-refractivity contribution in [1.82, 2.24) is 15.0 Å². The van der Waals surface area contributed by atoms with Crippen molar-refractivity contribution >= 4 is 5.69 Å². The first-order valence-electron chi connectivity index (χ1n) is 7.11. The summed E-state index contributed by atoms with van der Waals surface area (Å²) in [6, 6.07) is 8.19. The van der Waals surface area contributed by atoms with Crippen molar-refractivity contribution in [3.63, 3.8) is 0 Å². The van der Waals surface area contributed by atoms with Gasteiger partial charge in [0.05, 0.1) is 23.8 Å². The summed E-state index contributed by atoms with van der Waals surface area (Å²) >= 11 is 0. The molecule has 0 radical (unpaired) electrons. The Morgan fingerprint density at radius 3 is 2.74 bits per heavy atom. The Bertz CT molecular complexity index is 465. The van der Waals surface area contributed by atoms with E-state index in [0.717, 1.165) is 17.9 Å². The van der Waals surface area contributed by atoms with Crippen LogP contribution in [0, 0.1) is 0 Å². The van der Waals surface area contributed by atoms with Crippen LogP contribution in [0.25, 0.3) is 5.69 Å². The van der Waals surface area contributed by atoms with Crippen LogP contribution in [0.1, 0.15) is 39.0 Å². The second-order valence-corrected chi connectivity index (χ2v) is 4.71. The highest BCUT2D eigenvalue weighted by molar-refractivity contribution is 5.60. The molecular weight excluding hydrogens is 236 g/mol. The lowest BCUT2D eigenvalue weighted by molar-refractivity contribution is 0.645. The van der Waals surface area contributed by atoms with Crippen molar-refractivity contribution in [2.75, 3.05) is 11.9 Å². The highest BCUT2D eigenvalue weighted by Gasteiger charge is 2.03. The topological polar surface area (TPSA) is 42.7 Å². The third kappa shape index (κ3) is 4.09. The molecule has 0 amide bonds. The third-order valence-corrected chi connectivity index (χ3v) is 3.17. The predicted octanol–water partition coefficient (Wildman–Crippen LogP) is 3.65. The minimum absolute atomic E-state index is 1.01. The van der Waals surface area contributed by atoms with Crippen LogP contribution >= 0.6 is 0 Å². The summed E-state index contributed by atoms with van der Waals surface area (Å²) in [6.07, 6.45) is 10.0. The third-order valence-electron chi connectivity index (χ3n) is 3.17. The van der Waals surface area contributed by atoms with Gasteiger partial charge in [-0.3, -0.25) is 0 Å². The van der Waals surface area contributed by atoms with Crippen molar-refractivity contribution in [2.24, 2.45) is 0 Å². The maximum atomic E-state index is 4.04. The van der Waals surface area contributed by atoms with E-state index in [2.05, 4.69) is 28.6 Å². The number of hydrogen-bond acceptors (Lipinski definition) is 3. The van der Waals surface area contributed by atoms with Gasteiger partial charge in [0.2, 0.25) is 0 Å². The zero-order chi connectivity index (χ0) is 13.3.